The van der Waals surface area contributed by atoms with Crippen LogP contribution >= 0.6 is 11.3 Å². The number of anilines is 1. The minimum atomic E-state index is -0.525. The molecular weight excluding hydrogens is 348 g/mol. The fraction of sp³-hybridized carbons (Fsp3) is 0.111. The van der Waals surface area contributed by atoms with Crippen LogP contribution in [0.1, 0.15) is 24.1 Å². The molecule has 0 radical (unpaired) electrons. The number of carbonyl (C=O) groups is 1. The van der Waals surface area contributed by atoms with Crippen LogP contribution in [0.4, 0.5) is 5.95 Å². The van der Waals surface area contributed by atoms with Gasteiger partial charge in [0.15, 0.2) is 5.82 Å². The van der Waals surface area contributed by atoms with Gasteiger partial charge in [-0.05, 0) is 36.1 Å². The molecule has 1 aliphatic rings. The lowest BCUT2D eigenvalue weighted by atomic mass is 9.95. The molecule has 7 nitrogen and oxygen atoms in total. The molecule has 1 aromatic carbocycles. The van der Waals surface area contributed by atoms with Gasteiger partial charge in [-0.25, -0.2) is 4.68 Å². The van der Waals surface area contributed by atoms with Crippen LogP contribution in [0.15, 0.2) is 53.0 Å². The fourth-order valence-corrected chi connectivity index (χ4v) is 3.68. The summed E-state index contributed by atoms with van der Waals surface area (Å²) in [7, 11) is 0. The Kier molecular flexibility index (Phi) is 3.78. The predicted octanol–water partition coefficient (Wildman–Crippen LogP) is 2.65. The maximum Gasteiger partial charge on any atom is 0.248 e. The third-order valence-electron chi connectivity index (χ3n) is 4.22. The Labute approximate surface area is 153 Å². The first-order chi connectivity index (χ1) is 12.6. The molecule has 0 spiro atoms. The van der Waals surface area contributed by atoms with Crippen molar-refractivity contribution in [1.82, 2.24) is 14.8 Å². The van der Waals surface area contributed by atoms with Crippen molar-refractivity contribution in [2.75, 3.05) is 5.32 Å². The van der Waals surface area contributed by atoms with Crippen molar-refractivity contribution >= 4 is 23.2 Å². The number of hydrogen-bond acceptors (Lipinski definition) is 6. The molecule has 3 N–H and O–H groups in total. The normalized spacial score (nSPS) is 15.9. The summed E-state index contributed by atoms with van der Waals surface area (Å²) in [5.41, 5.74) is 8.07. The molecule has 4 rings (SSSR count). The van der Waals surface area contributed by atoms with Crippen LogP contribution in [0.25, 0.3) is 10.7 Å². The van der Waals surface area contributed by atoms with Gasteiger partial charge in [0, 0.05) is 5.70 Å². The van der Waals surface area contributed by atoms with E-state index in [0.29, 0.717) is 28.6 Å². The molecule has 0 saturated carbocycles. The molecule has 0 saturated heterocycles. The number of nitrogens with zero attached hydrogens (tertiary/aromatic N) is 4. The topological polar surface area (TPSA) is 110 Å². The summed E-state index contributed by atoms with van der Waals surface area (Å²) in [6.45, 7) is 1.79. The molecule has 1 atom stereocenters. The van der Waals surface area contributed by atoms with Crippen molar-refractivity contribution in [3.8, 4) is 16.8 Å². The molecule has 1 aliphatic heterocycles. The summed E-state index contributed by atoms with van der Waals surface area (Å²) in [6, 6.07) is 12.5. The third kappa shape index (κ3) is 2.55. The van der Waals surface area contributed by atoms with E-state index in [2.05, 4.69) is 21.5 Å². The lowest BCUT2D eigenvalue weighted by Gasteiger charge is -2.27. The quantitative estimate of drug-likeness (QED) is 0.744. The lowest BCUT2D eigenvalue weighted by Crippen LogP contribution is -2.31. The minimum Gasteiger partial charge on any atom is -0.366 e. The number of rotatable bonds is 3. The van der Waals surface area contributed by atoms with E-state index in [-0.39, 0.29) is 0 Å². The van der Waals surface area contributed by atoms with Crippen molar-refractivity contribution in [1.29, 1.82) is 5.26 Å². The van der Waals surface area contributed by atoms with E-state index in [1.54, 1.807) is 47.2 Å². The SMILES string of the molecule is CC1=C(C(N)=O)C(c2ccc(C#N)cc2)n2nc(-c3cccs3)nc2N1. The number of fused-ring (bicyclic) bond motifs is 1. The number of nitrogens with two attached hydrogens (primary N) is 1. The summed E-state index contributed by atoms with van der Waals surface area (Å²) < 4.78 is 1.67. The van der Waals surface area contributed by atoms with E-state index in [1.807, 2.05) is 17.5 Å². The number of thiophene rings is 1. The Morgan fingerprint density at radius 1 is 1.35 bits per heavy atom. The van der Waals surface area contributed by atoms with Crippen molar-refractivity contribution in [3.05, 3.63) is 64.2 Å². The molecule has 3 heterocycles. The van der Waals surface area contributed by atoms with Crippen molar-refractivity contribution in [2.24, 2.45) is 5.73 Å². The van der Waals surface area contributed by atoms with Gasteiger partial charge >= 0.3 is 0 Å². The number of benzene rings is 1. The van der Waals surface area contributed by atoms with Gasteiger partial charge in [-0.1, -0.05) is 18.2 Å². The van der Waals surface area contributed by atoms with E-state index >= 15 is 0 Å². The van der Waals surface area contributed by atoms with Crippen LogP contribution in [-0.4, -0.2) is 20.7 Å². The number of nitriles is 1. The molecule has 8 heteroatoms. The zero-order chi connectivity index (χ0) is 18.3. The van der Waals surface area contributed by atoms with Crippen LogP contribution in [0.3, 0.4) is 0 Å². The van der Waals surface area contributed by atoms with Crippen molar-refractivity contribution in [2.45, 2.75) is 13.0 Å². The molecule has 0 bridgehead atoms. The standard InChI is InChI=1S/C18H14N6OS/c1-10-14(16(20)25)15(12-6-4-11(9-19)5-7-12)24-18(21-10)22-17(23-24)13-3-2-8-26-13/h2-8,15H,1H3,(H2,20,25)(H,21,22,23). The molecule has 0 aliphatic carbocycles. The first-order valence-electron chi connectivity index (χ1n) is 7.86. The van der Waals surface area contributed by atoms with E-state index in [4.69, 9.17) is 11.0 Å². The number of amides is 1. The maximum atomic E-state index is 12.1. The van der Waals surface area contributed by atoms with E-state index < -0.39 is 11.9 Å². The van der Waals surface area contributed by atoms with E-state index in [9.17, 15) is 4.79 Å². The highest BCUT2D eigenvalue weighted by Gasteiger charge is 2.33. The Balaban J connectivity index is 1.88. The lowest BCUT2D eigenvalue weighted by molar-refractivity contribution is -0.115. The summed E-state index contributed by atoms with van der Waals surface area (Å²) in [6.07, 6.45) is 0. The van der Waals surface area contributed by atoms with Crippen LogP contribution in [0, 0.1) is 11.3 Å². The zero-order valence-corrected chi connectivity index (χ0v) is 14.6. The van der Waals surface area contributed by atoms with E-state index in [1.165, 1.54) is 0 Å². The molecule has 1 unspecified atom stereocenters. The number of allylic oxidation sites excluding steroid dienone is 1. The number of hydrogen-bond donors (Lipinski definition) is 2. The average Bonchev–Trinajstić information content (AvgIpc) is 3.29. The van der Waals surface area contributed by atoms with Gasteiger partial charge in [0.2, 0.25) is 11.9 Å². The van der Waals surface area contributed by atoms with Crippen molar-refractivity contribution in [3.63, 3.8) is 0 Å². The highest BCUT2D eigenvalue weighted by molar-refractivity contribution is 7.13. The molecule has 128 valence electrons. The highest BCUT2D eigenvalue weighted by atomic mass is 32.1. The fourth-order valence-electron chi connectivity index (χ4n) is 3.03. The van der Waals surface area contributed by atoms with Crippen LogP contribution in [0.2, 0.25) is 0 Å². The Bertz CT molecular complexity index is 1060. The summed E-state index contributed by atoms with van der Waals surface area (Å²) in [5.74, 6) is 0.605. The first-order valence-corrected chi connectivity index (χ1v) is 8.74. The predicted molar refractivity (Wildman–Crippen MR) is 98.1 cm³/mol. The van der Waals surface area contributed by atoms with Crippen LogP contribution in [-0.2, 0) is 4.79 Å². The monoisotopic (exact) mass is 362 g/mol. The molecular formula is C18H14N6OS. The van der Waals surface area contributed by atoms with Gasteiger partial charge in [0.05, 0.1) is 22.1 Å². The zero-order valence-electron chi connectivity index (χ0n) is 13.8. The minimum absolute atomic E-state index is 0.421. The molecule has 3 aromatic rings. The number of primary amides is 1. The number of carbonyl (C=O) groups excluding carboxylic acids is 1. The summed E-state index contributed by atoms with van der Waals surface area (Å²) >= 11 is 1.54. The number of aromatic nitrogens is 3. The Morgan fingerprint density at radius 2 is 2.12 bits per heavy atom. The molecule has 0 fully saturated rings. The second-order valence-electron chi connectivity index (χ2n) is 5.85. The van der Waals surface area contributed by atoms with Gasteiger partial charge in [-0.15, -0.1) is 16.4 Å². The van der Waals surface area contributed by atoms with Gasteiger partial charge in [-0.2, -0.15) is 10.2 Å². The Hall–Kier alpha value is -3.44. The van der Waals surface area contributed by atoms with Gasteiger partial charge < -0.3 is 11.1 Å². The average molecular weight is 362 g/mol. The third-order valence-corrected chi connectivity index (χ3v) is 5.08. The highest BCUT2D eigenvalue weighted by Crippen LogP contribution is 2.36. The van der Waals surface area contributed by atoms with Gasteiger partial charge in [0.1, 0.15) is 6.04 Å². The maximum absolute atomic E-state index is 12.1. The largest absolute Gasteiger partial charge is 0.366 e. The van der Waals surface area contributed by atoms with Crippen molar-refractivity contribution < 1.29 is 4.79 Å². The van der Waals surface area contributed by atoms with E-state index in [0.717, 1.165) is 10.4 Å². The Morgan fingerprint density at radius 3 is 2.73 bits per heavy atom. The first kappa shape index (κ1) is 16.1. The molecule has 26 heavy (non-hydrogen) atoms. The second kappa shape index (κ2) is 6.13. The molecule has 1 amide bonds. The summed E-state index contributed by atoms with van der Waals surface area (Å²) in [4.78, 5) is 17.6. The second-order valence-corrected chi connectivity index (χ2v) is 6.79. The van der Waals surface area contributed by atoms with Gasteiger partial charge in [0.25, 0.3) is 0 Å². The smallest absolute Gasteiger partial charge is 0.248 e. The van der Waals surface area contributed by atoms with Crippen LogP contribution in [0.5, 0.6) is 0 Å². The summed E-state index contributed by atoms with van der Waals surface area (Å²) in [5, 5.41) is 18.7. The number of nitrogens with one attached hydrogen (secondary N) is 1. The molecule has 2 aromatic heterocycles. The van der Waals surface area contributed by atoms with Crippen LogP contribution < -0.4 is 11.1 Å². The van der Waals surface area contributed by atoms with Gasteiger partial charge in [-0.3, -0.25) is 4.79 Å².